The molecule has 1 saturated carbocycles. The number of halogens is 2. The van der Waals surface area contributed by atoms with Crippen LogP contribution in [0.1, 0.15) is 6.42 Å². The van der Waals surface area contributed by atoms with Crippen molar-refractivity contribution in [3.05, 3.63) is 0 Å². The van der Waals surface area contributed by atoms with Crippen molar-refractivity contribution in [1.29, 1.82) is 0 Å². The molecule has 1 unspecified atom stereocenters. The highest BCUT2D eigenvalue weighted by Gasteiger charge is 2.71. The molecule has 12 heavy (non-hydrogen) atoms. The van der Waals surface area contributed by atoms with Crippen molar-refractivity contribution in [2.45, 2.75) is 12.3 Å². The highest BCUT2D eigenvalue weighted by Crippen LogP contribution is 2.60. The van der Waals surface area contributed by atoms with Crippen LogP contribution in [0.4, 0.5) is 8.78 Å². The van der Waals surface area contributed by atoms with Gasteiger partial charge in [0.25, 0.3) is 5.92 Å². The third-order valence-electron chi connectivity index (χ3n) is 2.14. The Morgan fingerprint density at radius 1 is 1.50 bits per heavy atom. The van der Waals surface area contributed by atoms with E-state index in [1.54, 1.807) is 0 Å². The van der Waals surface area contributed by atoms with E-state index in [-0.39, 0.29) is 6.54 Å². The maximum Gasteiger partial charge on any atom is 0.256 e. The van der Waals surface area contributed by atoms with Crippen molar-refractivity contribution in [2.75, 3.05) is 18.6 Å². The van der Waals surface area contributed by atoms with Crippen LogP contribution in [0.2, 0.25) is 0 Å². The molecule has 1 atom stereocenters. The Kier molecular flexibility index (Phi) is 1.96. The van der Waals surface area contributed by atoms with Crippen LogP contribution < -0.4 is 5.73 Å². The van der Waals surface area contributed by atoms with Gasteiger partial charge in [0.2, 0.25) is 0 Å². The molecule has 1 aliphatic rings. The number of nitrogens with two attached hydrogens (primary N) is 1. The molecule has 72 valence electrons. The van der Waals surface area contributed by atoms with Crippen LogP contribution in [-0.4, -0.2) is 32.9 Å². The number of hydrogen-bond donors (Lipinski definition) is 1. The van der Waals surface area contributed by atoms with Crippen molar-refractivity contribution in [3.8, 4) is 0 Å². The van der Waals surface area contributed by atoms with E-state index in [2.05, 4.69) is 0 Å². The number of alkyl halides is 2. The van der Waals surface area contributed by atoms with Gasteiger partial charge in [-0.25, -0.2) is 17.2 Å². The van der Waals surface area contributed by atoms with Gasteiger partial charge in [0.05, 0.1) is 11.2 Å². The minimum atomic E-state index is -3.36. The molecule has 0 amide bonds. The first-order valence-corrected chi connectivity index (χ1v) is 5.54. The quantitative estimate of drug-likeness (QED) is 0.696. The van der Waals surface area contributed by atoms with Crippen molar-refractivity contribution < 1.29 is 17.2 Å². The standard InChI is InChI=1S/C6H11F2NO2S/c1-12(10,11)4-5(3-9)2-6(5,7)8/h2-4,9H2,1H3. The smallest absolute Gasteiger partial charge is 0.256 e. The van der Waals surface area contributed by atoms with Crippen molar-refractivity contribution in [2.24, 2.45) is 11.1 Å². The molecule has 0 aromatic carbocycles. The Bertz CT molecular complexity index is 288. The maximum atomic E-state index is 12.6. The van der Waals surface area contributed by atoms with Gasteiger partial charge >= 0.3 is 0 Å². The van der Waals surface area contributed by atoms with Crippen LogP contribution in [0, 0.1) is 5.41 Å². The molecule has 0 saturated heterocycles. The van der Waals surface area contributed by atoms with Gasteiger partial charge in [-0.05, 0) is 0 Å². The Hall–Kier alpha value is -0.230. The first kappa shape index (κ1) is 9.85. The number of sulfone groups is 1. The number of rotatable bonds is 3. The summed E-state index contributed by atoms with van der Waals surface area (Å²) in [5.74, 6) is -3.39. The molecule has 2 N–H and O–H groups in total. The molecular formula is C6H11F2NO2S. The zero-order chi connectivity index (χ0) is 9.62. The van der Waals surface area contributed by atoms with E-state index in [4.69, 9.17) is 5.73 Å². The second-order valence-corrected chi connectivity index (χ2v) is 5.58. The fourth-order valence-electron chi connectivity index (χ4n) is 1.32. The molecule has 1 fully saturated rings. The van der Waals surface area contributed by atoms with E-state index in [1.807, 2.05) is 0 Å². The predicted octanol–water partition coefficient (Wildman–Crippen LogP) is 0.0151. The largest absolute Gasteiger partial charge is 0.330 e. The summed E-state index contributed by atoms with van der Waals surface area (Å²) in [7, 11) is -3.36. The molecule has 6 heteroatoms. The summed E-state index contributed by atoms with van der Waals surface area (Å²) in [5.41, 5.74) is 3.64. The molecule has 0 aliphatic heterocycles. The van der Waals surface area contributed by atoms with Crippen LogP contribution in [0.5, 0.6) is 0 Å². The van der Waals surface area contributed by atoms with Crippen LogP contribution >= 0.6 is 0 Å². The Morgan fingerprint density at radius 2 is 1.92 bits per heavy atom. The van der Waals surface area contributed by atoms with Gasteiger partial charge in [-0.1, -0.05) is 0 Å². The van der Waals surface area contributed by atoms with E-state index < -0.39 is 33.3 Å². The lowest BCUT2D eigenvalue weighted by atomic mass is 10.1. The van der Waals surface area contributed by atoms with Crippen molar-refractivity contribution in [1.82, 2.24) is 0 Å². The van der Waals surface area contributed by atoms with Crippen molar-refractivity contribution in [3.63, 3.8) is 0 Å². The van der Waals surface area contributed by atoms with E-state index in [0.29, 0.717) is 0 Å². The molecule has 0 bridgehead atoms. The minimum absolute atomic E-state index is 0.271. The van der Waals surface area contributed by atoms with Gasteiger partial charge < -0.3 is 5.73 Å². The van der Waals surface area contributed by atoms with Gasteiger partial charge in [-0.2, -0.15) is 0 Å². The van der Waals surface area contributed by atoms with Crippen molar-refractivity contribution >= 4 is 9.84 Å². The molecule has 0 spiro atoms. The van der Waals surface area contributed by atoms with Gasteiger partial charge in [0.15, 0.2) is 0 Å². The highest BCUT2D eigenvalue weighted by atomic mass is 32.2. The monoisotopic (exact) mass is 199 g/mol. The summed E-state index contributed by atoms with van der Waals surface area (Å²) in [5, 5.41) is 0. The first-order chi connectivity index (χ1) is 5.22. The Labute approximate surface area is 69.9 Å². The summed E-state index contributed by atoms with van der Waals surface area (Å²) >= 11 is 0. The fourth-order valence-corrected chi connectivity index (χ4v) is 2.75. The Balaban J connectivity index is 2.76. The van der Waals surface area contributed by atoms with Gasteiger partial charge in [-0.15, -0.1) is 0 Å². The predicted molar refractivity (Wildman–Crippen MR) is 40.8 cm³/mol. The SMILES string of the molecule is CS(=O)(=O)CC1(CN)CC1(F)F. The van der Waals surface area contributed by atoms with E-state index in [0.717, 1.165) is 6.26 Å². The van der Waals surface area contributed by atoms with Gasteiger partial charge in [-0.3, -0.25) is 0 Å². The fraction of sp³-hybridized carbons (Fsp3) is 1.00. The van der Waals surface area contributed by atoms with Crippen LogP contribution in [0.15, 0.2) is 0 Å². The zero-order valence-electron chi connectivity index (χ0n) is 6.68. The molecule has 1 aliphatic carbocycles. The van der Waals surface area contributed by atoms with Gasteiger partial charge in [0, 0.05) is 19.2 Å². The number of hydrogen-bond acceptors (Lipinski definition) is 3. The lowest BCUT2D eigenvalue weighted by Crippen LogP contribution is -2.29. The van der Waals surface area contributed by atoms with Crippen LogP contribution in [0.3, 0.4) is 0 Å². The Morgan fingerprint density at radius 3 is 2.00 bits per heavy atom. The van der Waals surface area contributed by atoms with E-state index in [9.17, 15) is 17.2 Å². The lowest BCUT2D eigenvalue weighted by Gasteiger charge is -2.11. The molecule has 1 rings (SSSR count). The summed E-state index contributed by atoms with van der Waals surface area (Å²) in [6.07, 6.45) is 0.544. The average Bonchev–Trinajstić information content (AvgIpc) is 2.30. The second-order valence-electron chi connectivity index (χ2n) is 3.44. The molecule has 0 aromatic rings. The lowest BCUT2D eigenvalue weighted by molar-refractivity contribution is 0.0738. The molecular weight excluding hydrogens is 188 g/mol. The van der Waals surface area contributed by atoms with E-state index in [1.165, 1.54) is 0 Å². The average molecular weight is 199 g/mol. The van der Waals surface area contributed by atoms with Crippen LogP contribution in [-0.2, 0) is 9.84 Å². The molecule has 0 heterocycles. The van der Waals surface area contributed by atoms with Crippen LogP contribution in [0.25, 0.3) is 0 Å². The van der Waals surface area contributed by atoms with E-state index >= 15 is 0 Å². The third-order valence-corrected chi connectivity index (χ3v) is 3.22. The summed E-state index contributed by atoms with van der Waals surface area (Å²) in [4.78, 5) is 0. The maximum absolute atomic E-state index is 12.6. The zero-order valence-corrected chi connectivity index (χ0v) is 7.50. The third kappa shape index (κ3) is 1.59. The summed E-state index contributed by atoms with van der Waals surface area (Å²) in [6, 6.07) is 0. The second kappa shape index (κ2) is 2.38. The first-order valence-electron chi connectivity index (χ1n) is 3.48. The normalized spacial score (nSPS) is 33.3. The highest BCUT2D eigenvalue weighted by molar-refractivity contribution is 7.90. The summed E-state index contributed by atoms with van der Waals surface area (Å²) in [6.45, 7) is -0.271. The molecule has 0 aromatic heterocycles. The topological polar surface area (TPSA) is 60.2 Å². The minimum Gasteiger partial charge on any atom is -0.330 e. The van der Waals surface area contributed by atoms with Gasteiger partial charge in [0.1, 0.15) is 9.84 Å². The summed E-state index contributed by atoms with van der Waals surface area (Å²) < 4.78 is 46.8. The molecule has 0 radical (unpaired) electrons. The molecule has 3 nitrogen and oxygen atoms in total.